The van der Waals surface area contributed by atoms with Gasteiger partial charge in [-0.3, -0.25) is 4.79 Å². The third-order valence-electron chi connectivity index (χ3n) is 2.12. The quantitative estimate of drug-likeness (QED) is 0.820. The Bertz CT molecular complexity index is 441. The first-order valence-electron chi connectivity index (χ1n) is 5.16. The number of hydrogen-bond acceptors (Lipinski definition) is 3. The van der Waals surface area contributed by atoms with E-state index in [0.29, 0.717) is 35.7 Å². The van der Waals surface area contributed by atoms with Crippen molar-refractivity contribution in [3.8, 4) is 6.07 Å². The maximum Gasteiger partial charge on any atom is 0.224 e. The van der Waals surface area contributed by atoms with Crippen LogP contribution in [0.4, 0.5) is 5.69 Å². The van der Waals surface area contributed by atoms with E-state index >= 15 is 0 Å². The summed E-state index contributed by atoms with van der Waals surface area (Å²) >= 11 is 5.92. The number of nitrogens with one attached hydrogen (secondary N) is 1. The summed E-state index contributed by atoms with van der Waals surface area (Å²) in [6, 6.07) is 6.72. The number of carbonyl (C=O) groups excluding carboxylic acids is 1. The fourth-order valence-corrected chi connectivity index (χ4v) is 1.50. The van der Waals surface area contributed by atoms with Crippen LogP contribution in [0.15, 0.2) is 18.2 Å². The molecule has 1 N–H and O–H groups in total. The zero-order chi connectivity index (χ0) is 12.7. The number of nitriles is 1. The van der Waals surface area contributed by atoms with E-state index < -0.39 is 0 Å². The van der Waals surface area contributed by atoms with Crippen molar-refractivity contribution in [1.82, 2.24) is 0 Å². The molecule has 0 saturated heterocycles. The Morgan fingerprint density at radius 3 is 2.94 bits per heavy atom. The van der Waals surface area contributed by atoms with Gasteiger partial charge in [-0.2, -0.15) is 5.26 Å². The summed E-state index contributed by atoms with van der Waals surface area (Å²) in [4.78, 5) is 11.5. The third-order valence-corrected chi connectivity index (χ3v) is 2.44. The average molecular weight is 253 g/mol. The van der Waals surface area contributed by atoms with Crippen molar-refractivity contribution >= 4 is 23.2 Å². The molecule has 0 spiro atoms. The Kier molecular flexibility index (Phi) is 5.47. The van der Waals surface area contributed by atoms with E-state index in [4.69, 9.17) is 21.6 Å². The number of anilines is 1. The lowest BCUT2D eigenvalue weighted by Crippen LogP contribution is -2.12. The molecule has 1 amide bonds. The molecular weight excluding hydrogens is 240 g/mol. The molecule has 5 heteroatoms. The van der Waals surface area contributed by atoms with Crippen LogP contribution in [-0.2, 0) is 9.53 Å². The van der Waals surface area contributed by atoms with Gasteiger partial charge in [-0.1, -0.05) is 11.6 Å². The van der Waals surface area contributed by atoms with Gasteiger partial charge in [0.15, 0.2) is 0 Å². The van der Waals surface area contributed by atoms with Crippen LogP contribution in [0.2, 0.25) is 5.02 Å². The van der Waals surface area contributed by atoms with E-state index in [9.17, 15) is 4.79 Å². The van der Waals surface area contributed by atoms with Gasteiger partial charge in [0.2, 0.25) is 5.91 Å². The highest BCUT2D eigenvalue weighted by Crippen LogP contribution is 2.22. The van der Waals surface area contributed by atoms with Crippen molar-refractivity contribution in [3.05, 3.63) is 28.8 Å². The topological polar surface area (TPSA) is 62.1 Å². The zero-order valence-electron chi connectivity index (χ0n) is 9.50. The maximum atomic E-state index is 11.5. The first-order chi connectivity index (χ1) is 8.17. The number of amides is 1. The first-order valence-corrected chi connectivity index (χ1v) is 5.53. The molecule has 0 atom stereocenters. The molecule has 1 rings (SSSR count). The number of nitrogens with zero attached hydrogens (tertiary/aromatic N) is 1. The van der Waals surface area contributed by atoms with Gasteiger partial charge in [-0.05, 0) is 24.6 Å². The smallest absolute Gasteiger partial charge is 0.224 e. The number of ether oxygens (including phenoxy) is 1. The third kappa shape index (κ3) is 4.43. The van der Waals surface area contributed by atoms with Gasteiger partial charge in [0.05, 0.1) is 22.3 Å². The van der Waals surface area contributed by atoms with E-state index in [2.05, 4.69) is 5.32 Å². The SMILES string of the molecule is COCCCC(=O)Nc1ccc(C#N)cc1Cl. The predicted molar refractivity (Wildman–Crippen MR) is 65.9 cm³/mol. The number of hydrogen-bond donors (Lipinski definition) is 1. The molecule has 0 heterocycles. The minimum absolute atomic E-state index is 0.117. The molecule has 0 aliphatic carbocycles. The van der Waals surface area contributed by atoms with Crippen LogP contribution in [0, 0.1) is 11.3 Å². The molecule has 0 unspecified atom stereocenters. The second kappa shape index (κ2) is 6.89. The van der Waals surface area contributed by atoms with E-state index in [1.54, 1.807) is 19.2 Å². The average Bonchev–Trinajstić information content (AvgIpc) is 2.32. The van der Waals surface area contributed by atoms with Crippen LogP contribution in [0.5, 0.6) is 0 Å². The van der Waals surface area contributed by atoms with Crippen LogP contribution in [0.25, 0.3) is 0 Å². The van der Waals surface area contributed by atoms with E-state index in [-0.39, 0.29) is 5.91 Å². The fourth-order valence-electron chi connectivity index (χ4n) is 1.28. The number of methoxy groups -OCH3 is 1. The molecule has 0 saturated carbocycles. The molecule has 0 aliphatic rings. The first kappa shape index (κ1) is 13.5. The fraction of sp³-hybridized carbons (Fsp3) is 0.333. The van der Waals surface area contributed by atoms with Crippen LogP contribution in [0.3, 0.4) is 0 Å². The minimum Gasteiger partial charge on any atom is -0.385 e. The molecular formula is C12H13ClN2O2. The van der Waals surface area contributed by atoms with Gasteiger partial charge in [-0.15, -0.1) is 0 Å². The van der Waals surface area contributed by atoms with Gasteiger partial charge in [-0.25, -0.2) is 0 Å². The van der Waals surface area contributed by atoms with Crippen molar-refractivity contribution in [2.45, 2.75) is 12.8 Å². The van der Waals surface area contributed by atoms with Crippen molar-refractivity contribution < 1.29 is 9.53 Å². The molecule has 0 aromatic heterocycles. The Labute approximate surface area is 105 Å². The number of halogens is 1. The summed E-state index contributed by atoms with van der Waals surface area (Å²) in [6.07, 6.45) is 1.04. The molecule has 0 radical (unpaired) electrons. The molecule has 90 valence electrons. The van der Waals surface area contributed by atoms with E-state index in [1.807, 2.05) is 6.07 Å². The molecule has 4 nitrogen and oxygen atoms in total. The van der Waals surface area contributed by atoms with Crippen molar-refractivity contribution in [2.24, 2.45) is 0 Å². The molecule has 0 aliphatic heterocycles. The number of rotatable bonds is 5. The van der Waals surface area contributed by atoms with Crippen LogP contribution < -0.4 is 5.32 Å². The van der Waals surface area contributed by atoms with Crippen molar-refractivity contribution in [3.63, 3.8) is 0 Å². The van der Waals surface area contributed by atoms with Gasteiger partial charge in [0, 0.05) is 20.1 Å². The summed E-state index contributed by atoms with van der Waals surface area (Å²) in [7, 11) is 1.59. The van der Waals surface area contributed by atoms with Crippen molar-refractivity contribution in [1.29, 1.82) is 5.26 Å². The Hall–Kier alpha value is -1.57. The second-order valence-corrected chi connectivity index (χ2v) is 3.86. The van der Waals surface area contributed by atoms with Gasteiger partial charge >= 0.3 is 0 Å². The highest BCUT2D eigenvalue weighted by molar-refractivity contribution is 6.33. The Morgan fingerprint density at radius 1 is 1.59 bits per heavy atom. The van der Waals surface area contributed by atoms with E-state index in [1.165, 1.54) is 6.07 Å². The lowest BCUT2D eigenvalue weighted by atomic mass is 10.2. The zero-order valence-corrected chi connectivity index (χ0v) is 10.3. The lowest BCUT2D eigenvalue weighted by Gasteiger charge is -2.07. The molecule has 1 aromatic rings. The van der Waals surface area contributed by atoms with Gasteiger partial charge in [0.1, 0.15) is 0 Å². The van der Waals surface area contributed by atoms with Crippen LogP contribution >= 0.6 is 11.6 Å². The summed E-state index contributed by atoms with van der Waals surface area (Å²) in [6.45, 7) is 0.550. The summed E-state index contributed by atoms with van der Waals surface area (Å²) < 4.78 is 4.85. The summed E-state index contributed by atoms with van der Waals surface area (Å²) in [5.74, 6) is -0.117. The van der Waals surface area contributed by atoms with Crippen LogP contribution in [-0.4, -0.2) is 19.6 Å². The molecule has 0 fully saturated rings. The van der Waals surface area contributed by atoms with E-state index in [0.717, 1.165) is 0 Å². The standard InChI is InChI=1S/C12H13ClN2O2/c1-17-6-2-3-12(16)15-11-5-4-9(8-14)7-10(11)13/h4-5,7H,2-3,6H2,1H3,(H,15,16). The monoisotopic (exact) mass is 252 g/mol. The summed E-state index contributed by atoms with van der Waals surface area (Å²) in [5.41, 5.74) is 0.987. The van der Waals surface area contributed by atoms with Gasteiger partial charge < -0.3 is 10.1 Å². The molecule has 17 heavy (non-hydrogen) atoms. The van der Waals surface area contributed by atoms with Crippen molar-refractivity contribution in [2.75, 3.05) is 19.0 Å². The number of carbonyl (C=O) groups is 1. The molecule has 0 bridgehead atoms. The maximum absolute atomic E-state index is 11.5. The highest BCUT2D eigenvalue weighted by Gasteiger charge is 2.06. The summed E-state index contributed by atoms with van der Waals surface area (Å²) in [5, 5.41) is 11.7. The second-order valence-electron chi connectivity index (χ2n) is 3.45. The normalized spacial score (nSPS) is 9.71. The predicted octanol–water partition coefficient (Wildman–Crippen LogP) is 2.58. The minimum atomic E-state index is -0.117. The van der Waals surface area contributed by atoms with Crippen LogP contribution in [0.1, 0.15) is 18.4 Å². The Morgan fingerprint density at radius 2 is 2.35 bits per heavy atom. The Balaban J connectivity index is 2.57. The lowest BCUT2D eigenvalue weighted by molar-refractivity contribution is -0.116. The highest BCUT2D eigenvalue weighted by atomic mass is 35.5. The van der Waals surface area contributed by atoms with Gasteiger partial charge in [0.25, 0.3) is 0 Å². The largest absolute Gasteiger partial charge is 0.385 e. The number of benzene rings is 1. The molecule has 1 aromatic carbocycles.